The zero-order valence-electron chi connectivity index (χ0n) is 13.6. The van der Waals surface area contributed by atoms with E-state index >= 15 is 0 Å². The van der Waals surface area contributed by atoms with Crippen molar-refractivity contribution in [3.63, 3.8) is 0 Å². The van der Waals surface area contributed by atoms with Gasteiger partial charge in [-0.05, 0) is 12.5 Å². The van der Waals surface area contributed by atoms with E-state index in [0.717, 1.165) is 28.0 Å². The van der Waals surface area contributed by atoms with Gasteiger partial charge in [-0.1, -0.05) is 43.8 Å². The maximum absolute atomic E-state index is 12.9. The Kier molecular flexibility index (Phi) is 4.73. The summed E-state index contributed by atoms with van der Waals surface area (Å²) in [6, 6.07) is 7.89. The second-order valence-corrected chi connectivity index (χ2v) is 6.98. The van der Waals surface area contributed by atoms with Gasteiger partial charge in [0.1, 0.15) is 11.0 Å². The Labute approximate surface area is 139 Å². The predicted octanol–water partition coefficient (Wildman–Crippen LogP) is 3.41. The third-order valence-electron chi connectivity index (χ3n) is 3.98. The molecule has 1 N–H and O–H groups in total. The van der Waals surface area contributed by atoms with E-state index in [9.17, 15) is 4.79 Å². The highest BCUT2D eigenvalue weighted by Crippen LogP contribution is 2.27. The van der Waals surface area contributed by atoms with E-state index in [-0.39, 0.29) is 5.56 Å². The van der Waals surface area contributed by atoms with E-state index in [0.29, 0.717) is 23.9 Å². The normalized spacial score (nSPS) is 13.0. The average Bonchev–Trinajstić information content (AvgIpc) is 2.93. The van der Waals surface area contributed by atoms with Gasteiger partial charge in [-0.3, -0.25) is 9.36 Å². The molecule has 1 aromatic carbocycles. The van der Waals surface area contributed by atoms with Crippen LogP contribution in [0, 0.1) is 0 Å². The Morgan fingerprint density at radius 3 is 2.91 bits per heavy atom. The molecular formula is C17H21N3O2S. The lowest BCUT2D eigenvalue weighted by atomic mass is 10.2. The third kappa shape index (κ3) is 3.01. The highest BCUT2D eigenvalue weighted by molar-refractivity contribution is 7.99. The first-order valence-corrected chi connectivity index (χ1v) is 8.70. The standard InChI is InChI=1S/C17H21N3O2S/c1-4-11(2)23-17-19-14-12-7-5-6-8-13(12)18-15(14)16(21)20(17)9-10-22-3/h5-8,11,18H,4,9-10H2,1-3H3/t11-/m1/s1. The average molecular weight is 331 g/mol. The number of hydrogen-bond donors (Lipinski definition) is 1. The second kappa shape index (κ2) is 6.76. The van der Waals surface area contributed by atoms with Crippen molar-refractivity contribution in [1.29, 1.82) is 0 Å². The number of aromatic nitrogens is 3. The first kappa shape index (κ1) is 16.1. The number of nitrogens with zero attached hydrogens (tertiary/aromatic N) is 2. The van der Waals surface area contributed by atoms with Crippen molar-refractivity contribution in [2.45, 2.75) is 37.2 Å². The van der Waals surface area contributed by atoms with Gasteiger partial charge in [0.15, 0.2) is 5.16 Å². The van der Waals surface area contributed by atoms with Crippen LogP contribution in [0.15, 0.2) is 34.2 Å². The molecule has 0 fully saturated rings. The maximum Gasteiger partial charge on any atom is 0.278 e. The summed E-state index contributed by atoms with van der Waals surface area (Å²) < 4.78 is 6.87. The van der Waals surface area contributed by atoms with Crippen LogP contribution in [-0.4, -0.2) is 33.5 Å². The number of benzene rings is 1. The molecular weight excluding hydrogens is 310 g/mol. The SMILES string of the molecule is CC[C@@H](C)Sc1nc2c([nH]c3ccccc32)c(=O)n1CCOC. The van der Waals surface area contributed by atoms with Crippen LogP contribution in [0.3, 0.4) is 0 Å². The molecule has 0 saturated carbocycles. The van der Waals surface area contributed by atoms with E-state index in [1.807, 2.05) is 24.3 Å². The van der Waals surface area contributed by atoms with Crippen LogP contribution >= 0.6 is 11.8 Å². The number of thioether (sulfide) groups is 1. The Balaban J connectivity index is 2.24. The van der Waals surface area contributed by atoms with Gasteiger partial charge in [-0.25, -0.2) is 4.98 Å². The van der Waals surface area contributed by atoms with E-state index in [1.165, 1.54) is 0 Å². The molecule has 0 saturated heterocycles. The minimum Gasteiger partial charge on any atom is -0.383 e. The Hall–Kier alpha value is -1.79. The fraction of sp³-hybridized carbons (Fsp3) is 0.412. The summed E-state index contributed by atoms with van der Waals surface area (Å²) in [4.78, 5) is 20.9. The summed E-state index contributed by atoms with van der Waals surface area (Å²) in [6.07, 6.45) is 1.02. The first-order valence-electron chi connectivity index (χ1n) is 7.82. The van der Waals surface area contributed by atoms with E-state index in [4.69, 9.17) is 9.72 Å². The molecule has 5 nitrogen and oxygen atoms in total. The van der Waals surface area contributed by atoms with Gasteiger partial charge in [0.2, 0.25) is 0 Å². The fourth-order valence-electron chi connectivity index (χ4n) is 2.51. The first-order chi connectivity index (χ1) is 11.2. The topological polar surface area (TPSA) is 59.9 Å². The minimum absolute atomic E-state index is 0.0333. The van der Waals surface area contributed by atoms with Crippen LogP contribution in [0.5, 0.6) is 0 Å². The summed E-state index contributed by atoms with van der Waals surface area (Å²) >= 11 is 1.64. The number of rotatable bonds is 6. The van der Waals surface area contributed by atoms with Crippen molar-refractivity contribution in [1.82, 2.24) is 14.5 Å². The molecule has 0 aliphatic heterocycles. The van der Waals surface area contributed by atoms with Gasteiger partial charge < -0.3 is 9.72 Å². The molecule has 0 aliphatic carbocycles. The van der Waals surface area contributed by atoms with Gasteiger partial charge in [-0.2, -0.15) is 0 Å². The summed E-state index contributed by atoms with van der Waals surface area (Å²) in [5, 5.41) is 2.15. The number of hydrogen-bond acceptors (Lipinski definition) is 4. The van der Waals surface area contributed by atoms with E-state index in [2.05, 4.69) is 18.8 Å². The van der Waals surface area contributed by atoms with Crippen molar-refractivity contribution < 1.29 is 4.74 Å². The maximum atomic E-state index is 12.9. The number of aromatic amines is 1. The van der Waals surface area contributed by atoms with Gasteiger partial charge in [0.25, 0.3) is 5.56 Å². The van der Waals surface area contributed by atoms with Crippen molar-refractivity contribution >= 4 is 33.7 Å². The summed E-state index contributed by atoms with van der Waals surface area (Å²) in [5.74, 6) is 0. The third-order valence-corrected chi connectivity index (χ3v) is 5.23. The molecule has 3 aromatic rings. The van der Waals surface area contributed by atoms with Crippen LogP contribution in [0.25, 0.3) is 21.9 Å². The van der Waals surface area contributed by atoms with Gasteiger partial charge >= 0.3 is 0 Å². The van der Waals surface area contributed by atoms with Crippen molar-refractivity contribution in [3.05, 3.63) is 34.6 Å². The summed E-state index contributed by atoms with van der Waals surface area (Å²) in [6.45, 7) is 5.28. The number of para-hydroxylation sites is 1. The quantitative estimate of drug-likeness (QED) is 0.555. The molecule has 0 amide bonds. The molecule has 0 aliphatic rings. The summed E-state index contributed by atoms with van der Waals surface area (Å²) in [5.41, 5.74) is 2.23. The lowest BCUT2D eigenvalue weighted by molar-refractivity contribution is 0.183. The molecule has 2 aromatic heterocycles. The lowest BCUT2D eigenvalue weighted by Gasteiger charge is -2.14. The number of ether oxygens (including phenoxy) is 1. The Morgan fingerprint density at radius 2 is 2.17 bits per heavy atom. The number of fused-ring (bicyclic) bond motifs is 3. The van der Waals surface area contributed by atoms with Crippen LogP contribution in [0.2, 0.25) is 0 Å². The van der Waals surface area contributed by atoms with Crippen LogP contribution in [-0.2, 0) is 11.3 Å². The molecule has 3 rings (SSSR count). The number of H-pyrrole nitrogens is 1. The largest absolute Gasteiger partial charge is 0.383 e. The molecule has 0 bridgehead atoms. The van der Waals surface area contributed by atoms with Crippen LogP contribution in [0.1, 0.15) is 20.3 Å². The van der Waals surface area contributed by atoms with Crippen molar-refractivity contribution in [3.8, 4) is 0 Å². The van der Waals surface area contributed by atoms with Crippen molar-refractivity contribution in [2.75, 3.05) is 13.7 Å². The molecule has 0 radical (unpaired) electrons. The molecule has 2 heterocycles. The highest BCUT2D eigenvalue weighted by atomic mass is 32.2. The second-order valence-electron chi connectivity index (χ2n) is 5.57. The van der Waals surface area contributed by atoms with Crippen LogP contribution < -0.4 is 5.56 Å². The molecule has 6 heteroatoms. The van der Waals surface area contributed by atoms with Crippen LogP contribution in [0.4, 0.5) is 0 Å². The molecule has 0 unspecified atom stereocenters. The van der Waals surface area contributed by atoms with Crippen molar-refractivity contribution in [2.24, 2.45) is 0 Å². The minimum atomic E-state index is -0.0333. The van der Waals surface area contributed by atoms with Gasteiger partial charge in [0.05, 0.1) is 13.2 Å². The Morgan fingerprint density at radius 1 is 1.39 bits per heavy atom. The van der Waals surface area contributed by atoms with Gasteiger partial charge in [-0.15, -0.1) is 0 Å². The zero-order valence-corrected chi connectivity index (χ0v) is 14.4. The van der Waals surface area contributed by atoms with E-state index < -0.39 is 0 Å². The lowest BCUT2D eigenvalue weighted by Crippen LogP contribution is -2.25. The number of methoxy groups -OCH3 is 1. The van der Waals surface area contributed by atoms with Gasteiger partial charge in [0, 0.05) is 23.3 Å². The summed E-state index contributed by atoms with van der Waals surface area (Å²) in [7, 11) is 1.64. The highest BCUT2D eigenvalue weighted by Gasteiger charge is 2.17. The van der Waals surface area contributed by atoms with E-state index in [1.54, 1.807) is 23.4 Å². The smallest absolute Gasteiger partial charge is 0.278 e. The molecule has 0 spiro atoms. The molecule has 1 atom stereocenters. The fourth-order valence-corrected chi connectivity index (χ4v) is 3.48. The molecule has 122 valence electrons. The predicted molar refractivity (Wildman–Crippen MR) is 95.3 cm³/mol. The molecule has 23 heavy (non-hydrogen) atoms. The monoisotopic (exact) mass is 331 g/mol. The zero-order chi connectivity index (χ0) is 16.4. The number of nitrogens with one attached hydrogen (secondary N) is 1. The Bertz CT molecular complexity index is 885.